The average molecular weight is 442 g/mol. The molecule has 26 heavy (non-hydrogen) atoms. The number of rotatable bonds is 2. The maximum Gasteiger partial charge on any atom is 0.435 e. The molecule has 0 saturated heterocycles. The smallest absolute Gasteiger partial charge is 0.435 e. The first kappa shape index (κ1) is 20.1. The Morgan fingerprint density at radius 1 is 1.19 bits per heavy atom. The number of hydrogen-bond acceptors (Lipinski definition) is 3. The minimum atomic E-state index is -5.06. The number of alkyl halides is 3. The van der Waals surface area contributed by atoms with Crippen LogP contribution in [0.5, 0.6) is 0 Å². The highest BCUT2D eigenvalue weighted by molar-refractivity contribution is 9.10. The molecular weight excluding hydrogens is 429 g/mol. The fourth-order valence-corrected chi connectivity index (χ4v) is 2.43. The number of hydrogen-bond donors (Lipinski definition) is 1. The van der Waals surface area contributed by atoms with E-state index in [0.717, 1.165) is 12.1 Å². The van der Waals surface area contributed by atoms with Crippen molar-refractivity contribution in [2.75, 3.05) is 5.32 Å². The summed E-state index contributed by atoms with van der Waals surface area (Å²) in [5.74, 6) is -2.54. The van der Waals surface area contributed by atoms with E-state index < -0.39 is 46.6 Å². The first-order valence-corrected chi connectivity index (χ1v) is 7.89. The maximum absolute atomic E-state index is 14.0. The van der Waals surface area contributed by atoms with E-state index in [9.17, 15) is 26.7 Å². The summed E-state index contributed by atoms with van der Waals surface area (Å²) in [6.07, 6.45) is -5.60. The predicted octanol–water partition coefficient (Wildman–Crippen LogP) is 5.28. The van der Waals surface area contributed by atoms with Gasteiger partial charge < -0.3 is 4.74 Å². The van der Waals surface area contributed by atoms with Gasteiger partial charge in [0.15, 0.2) is 17.3 Å². The van der Waals surface area contributed by atoms with Crippen LogP contribution in [0.15, 0.2) is 22.8 Å². The van der Waals surface area contributed by atoms with Crippen molar-refractivity contribution in [3.05, 3.63) is 40.1 Å². The highest BCUT2D eigenvalue weighted by Crippen LogP contribution is 2.37. The van der Waals surface area contributed by atoms with Crippen LogP contribution in [0, 0.1) is 11.6 Å². The molecule has 0 aliphatic rings. The summed E-state index contributed by atoms with van der Waals surface area (Å²) in [6.45, 7) is 4.56. The first-order chi connectivity index (χ1) is 11.8. The third kappa shape index (κ3) is 4.51. The zero-order valence-corrected chi connectivity index (χ0v) is 15.3. The molecule has 142 valence electrons. The Labute approximate surface area is 153 Å². The normalized spacial score (nSPS) is 12.2. The van der Waals surface area contributed by atoms with Crippen LogP contribution in [0.25, 0.3) is 5.69 Å². The summed E-state index contributed by atoms with van der Waals surface area (Å²) < 4.78 is 73.4. The van der Waals surface area contributed by atoms with E-state index in [1.807, 2.05) is 5.32 Å². The minimum absolute atomic E-state index is 0.00377. The lowest BCUT2D eigenvalue weighted by molar-refractivity contribution is -0.142. The van der Waals surface area contributed by atoms with Crippen LogP contribution in [0.3, 0.4) is 0 Å². The zero-order chi connectivity index (χ0) is 19.9. The zero-order valence-electron chi connectivity index (χ0n) is 13.7. The number of benzene rings is 1. The van der Waals surface area contributed by atoms with Gasteiger partial charge in [0.05, 0.1) is 11.9 Å². The Bertz CT molecular complexity index is 820. The number of nitrogens with zero attached hydrogens (tertiary/aromatic N) is 2. The van der Waals surface area contributed by atoms with Gasteiger partial charge in [-0.05, 0) is 32.9 Å². The Morgan fingerprint density at radius 2 is 1.73 bits per heavy atom. The molecule has 0 atom stereocenters. The van der Waals surface area contributed by atoms with E-state index >= 15 is 0 Å². The molecule has 5 nitrogen and oxygen atoms in total. The molecule has 0 saturated carbocycles. The highest BCUT2D eigenvalue weighted by Gasteiger charge is 2.40. The second-order valence-electron chi connectivity index (χ2n) is 6.16. The van der Waals surface area contributed by atoms with Gasteiger partial charge in [0, 0.05) is 4.47 Å². The Kier molecular flexibility index (Phi) is 5.31. The summed E-state index contributed by atoms with van der Waals surface area (Å²) in [5.41, 5.74) is -4.34. The van der Waals surface area contributed by atoms with E-state index in [1.54, 1.807) is 0 Å². The number of nitrogens with one attached hydrogen (secondary N) is 1. The predicted molar refractivity (Wildman–Crippen MR) is 86.0 cm³/mol. The van der Waals surface area contributed by atoms with Crippen molar-refractivity contribution in [3.8, 4) is 5.69 Å². The van der Waals surface area contributed by atoms with Gasteiger partial charge in [-0.25, -0.2) is 18.3 Å². The van der Waals surface area contributed by atoms with E-state index in [1.165, 1.54) is 20.8 Å². The molecule has 2 aromatic rings. The number of ether oxygens (including phenoxy) is 1. The van der Waals surface area contributed by atoms with Crippen LogP contribution in [-0.2, 0) is 10.9 Å². The molecule has 11 heteroatoms. The fraction of sp³-hybridized carbons (Fsp3) is 0.333. The molecule has 0 aliphatic heterocycles. The van der Waals surface area contributed by atoms with Crippen LogP contribution < -0.4 is 5.32 Å². The maximum atomic E-state index is 14.0. The lowest BCUT2D eigenvalue weighted by atomic mass is 10.2. The first-order valence-electron chi connectivity index (χ1n) is 7.10. The lowest BCUT2D eigenvalue weighted by Crippen LogP contribution is -2.28. The van der Waals surface area contributed by atoms with Crippen molar-refractivity contribution in [1.29, 1.82) is 0 Å². The quantitative estimate of drug-likeness (QED) is 0.645. The van der Waals surface area contributed by atoms with Crippen molar-refractivity contribution in [3.63, 3.8) is 0 Å². The number of anilines is 1. The SMILES string of the molecule is CC(C)(C)OC(=O)Nc1cnn(-c2c(F)cc(Br)cc2F)c1C(F)(F)F. The van der Waals surface area contributed by atoms with E-state index in [4.69, 9.17) is 4.74 Å². The Balaban J connectivity index is 2.54. The molecule has 0 spiro atoms. The topological polar surface area (TPSA) is 56.1 Å². The standard InChI is InChI=1S/C15H13BrF5N3O2/c1-14(2,3)26-13(25)23-10-6-22-24(12(10)15(19,20)21)11-8(17)4-7(16)5-9(11)18/h4-6H,1-3H3,(H,23,25). The summed E-state index contributed by atoms with van der Waals surface area (Å²) >= 11 is 2.84. The van der Waals surface area contributed by atoms with Crippen LogP contribution in [0.2, 0.25) is 0 Å². The molecule has 0 radical (unpaired) electrons. The molecule has 1 heterocycles. The third-order valence-corrected chi connectivity index (χ3v) is 3.32. The monoisotopic (exact) mass is 441 g/mol. The van der Waals surface area contributed by atoms with Crippen molar-refractivity contribution in [1.82, 2.24) is 9.78 Å². The second-order valence-corrected chi connectivity index (χ2v) is 7.08. The van der Waals surface area contributed by atoms with E-state index in [0.29, 0.717) is 6.20 Å². The third-order valence-electron chi connectivity index (χ3n) is 2.87. The van der Waals surface area contributed by atoms with Gasteiger partial charge in [0.25, 0.3) is 0 Å². The Morgan fingerprint density at radius 3 is 2.19 bits per heavy atom. The van der Waals surface area contributed by atoms with Crippen LogP contribution in [0.1, 0.15) is 26.5 Å². The summed E-state index contributed by atoms with van der Waals surface area (Å²) in [4.78, 5) is 11.7. The van der Waals surface area contributed by atoms with Gasteiger partial charge >= 0.3 is 12.3 Å². The summed E-state index contributed by atoms with van der Waals surface area (Å²) in [7, 11) is 0. The molecule has 1 N–H and O–H groups in total. The largest absolute Gasteiger partial charge is 0.444 e. The highest BCUT2D eigenvalue weighted by atomic mass is 79.9. The molecule has 0 fully saturated rings. The number of carbonyl (C=O) groups is 1. The van der Waals surface area contributed by atoms with Crippen LogP contribution in [-0.4, -0.2) is 21.5 Å². The van der Waals surface area contributed by atoms with Gasteiger partial charge in [-0.15, -0.1) is 0 Å². The molecular formula is C15H13BrF5N3O2. The number of carbonyl (C=O) groups excluding carboxylic acids is 1. The van der Waals surface area contributed by atoms with Crippen molar-refractivity contribution < 1.29 is 31.5 Å². The molecule has 1 aromatic heterocycles. The molecule has 0 unspecified atom stereocenters. The van der Waals surface area contributed by atoms with Crippen molar-refractivity contribution >= 4 is 27.7 Å². The second kappa shape index (κ2) is 6.86. The minimum Gasteiger partial charge on any atom is -0.444 e. The van der Waals surface area contributed by atoms with Gasteiger partial charge in [0.1, 0.15) is 11.3 Å². The van der Waals surface area contributed by atoms with Crippen LogP contribution >= 0.6 is 15.9 Å². The number of amides is 1. The number of aromatic nitrogens is 2. The van der Waals surface area contributed by atoms with Crippen molar-refractivity contribution in [2.45, 2.75) is 32.5 Å². The Hall–Kier alpha value is -2.17. The molecule has 1 aromatic carbocycles. The summed E-state index contributed by atoms with van der Waals surface area (Å²) in [5, 5.41) is 5.28. The van der Waals surface area contributed by atoms with Crippen molar-refractivity contribution in [2.24, 2.45) is 0 Å². The van der Waals surface area contributed by atoms with Crippen LogP contribution in [0.4, 0.5) is 32.4 Å². The molecule has 1 amide bonds. The van der Waals surface area contributed by atoms with Gasteiger partial charge in [-0.2, -0.15) is 18.3 Å². The summed E-state index contributed by atoms with van der Waals surface area (Å²) in [6, 6.07) is 1.59. The lowest BCUT2D eigenvalue weighted by Gasteiger charge is -2.20. The van der Waals surface area contributed by atoms with E-state index in [-0.39, 0.29) is 9.15 Å². The fourth-order valence-electron chi connectivity index (χ4n) is 2.03. The molecule has 2 rings (SSSR count). The van der Waals surface area contributed by atoms with E-state index in [2.05, 4.69) is 21.0 Å². The molecule has 0 bridgehead atoms. The average Bonchev–Trinajstić information content (AvgIpc) is 2.78. The van der Waals surface area contributed by atoms with Gasteiger partial charge in [-0.1, -0.05) is 15.9 Å². The van der Waals surface area contributed by atoms with Gasteiger partial charge in [-0.3, -0.25) is 5.32 Å². The molecule has 0 aliphatic carbocycles. The van der Waals surface area contributed by atoms with Gasteiger partial charge in [0.2, 0.25) is 0 Å². The number of halogens is 6.